The first-order valence-corrected chi connectivity index (χ1v) is 10.0. The van der Waals surface area contributed by atoms with Crippen molar-refractivity contribution in [1.82, 2.24) is 9.56 Å². The second-order valence-corrected chi connectivity index (χ2v) is 7.75. The zero-order chi connectivity index (χ0) is 18.4. The summed E-state index contributed by atoms with van der Waals surface area (Å²) in [6.45, 7) is 0. The lowest BCUT2D eigenvalue weighted by Crippen LogP contribution is -2.36. The number of hydrogen-bond donors (Lipinski definition) is 2. The molecule has 0 heterocycles. The fraction of sp³-hybridized carbons (Fsp3) is 0.100. The Morgan fingerprint density at radius 2 is 1.08 bits per heavy atom. The summed E-state index contributed by atoms with van der Waals surface area (Å²) < 4.78 is 28.6. The van der Waals surface area contributed by atoms with Crippen LogP contribution in [0.5, 0.6) is 0 Å². The third-order valence-corrected chi connectivity index (χ3v) is 5.80. The first kappa shape index (κ1) is 18.6. The van der Waals surface area contributed by atoms with Gasteiger partial charge in [0.05, 0.1) is 17.0 Å². The molecule has 134 valence electrons. The van der Waals surface area contributed by atoms with Crippen molar-refractivity contribution in [2.45, 2.75) is 17.0 Å². The lowest BCUT2D eigenvalue weighted by atomic mass is 9.95. The molecule has 0 bridgehead atoms. The molecule has 0 unspecified atom stereocenters. The zero-order valence-electron chi connectivity index (χ0n) is 13.9. The minimum absolute atomic E-state index is 0.210. The number of halogens is 1. The normalized spacial score (nSPS) is 13.9. The Bertz CT molecular complexity index is 920. The van der Waals surface area contributed by atoms with Crippen molar-refractivity contribution < 1.29 is 8.42 Å². The fourth-order valence-corrected chi connectivity index (χ4v) is 4.31. The average molecular weight is 387 g/mol. The van der Waals surface area contributed by atoms with Crippen LogP contribution in [0.1, 0.15) is 23.2 Å². The third kappa shape index (κ3) is 4.31. The summed E-state index contributed by atoms with van der Waals surface area (Å²) in [7, 11) is -3.72. The summed E-state index contributed by atoms with van der Waals surface area (Å²) >= 11 is 6.04. The minimum atomic E-state index is -3.72. The molecule has 0 aliphatic rings. The molecule has 3 rings (SSSR count). The highest BCUT2D eigenvalue weighted by atomic mass is 35.5. The number of hydrogen-bond acceptors (Lipinski definition) is 3. The van der Waals surface area contributed by atoms with Crippen LogP contribution in [0.25, 0.3) is 0 Å². The van der Waals surface area contributed by atoms with E-state index in [2.05, 4.69) is 9.56 Å². The average Bonchev–Trinajstić information content (AvgIpc) is 2.70. The largest absolute Gasteiger partial charge is 0.241 e. The standard InChI is InChI=1S/C20H19ClN2O2S/c21-22-19(16-10-4-1-5-11-16)20(17-12-6-2-7-13-17)23-26(24,25)18-14-8-3-9-15-18/h1-15,19-20,22-23H/t19-,20-/m1/s1. The Labute approximate surface area is 159 Å². The van der Waals surface area contributed by atoms with Gasteiger partial charge in [-0.15, -0.1) is 0 Å². The Morgan fingerprint density at radius 1 is 0.654 bits per heavy atom. The molecule has 2 N–H and O–H groups in total. The van der Waals surface area contributed by atoms with Crippen molar-refractivity contribution in [3.05, 3.63) is 102 Å². The smallest absolute Gasteiger partial charge is 0.224 e. The van der Waals surface area contributed by atoms with Crippen LogP contribution in [0.3, 0.4) is 0 Å². The summed E-state index contributed by atoms with van der Waals surface area (Å²) in [5.74, 6) is 0. The zero-order valence-corrected chi connectivity index (χ0v) is 15.5. The predicted octanol–water partition coefficient (Wildman–Crippen LogP) is 4.19. The Morgan fingerprint density at radius 3 is 1.54 bits per heavy atom. The van der Waals surface area contributed by atoms with E-state index in [0.717, 1.165) is 11.1 Å². The molecule has 0 spiro atoms. The van der Waals surface area contributed by atoms with E-state index in [1.165, 1.54) is 0 Å². The van der Waals surface area contributed by atoms with E-state index in [0.29, 0.717) is 0 Å². The predicted molar refractivity (Wildman–Crippen MR) is 104 cm³/mol. The Hall–Kier alpha value is -2.18. The summed E-state index contributed by atoms with van der Waals surface area (Å²) in [5, 5.41) is 0. The molecule has 0 aliphatic heterocycles. The quantitative estimate of drug-likeness (QED) is 0.598. The first-order chi connectivity index (χ1) is 12.6. The summed E-state index contributed by atoms with van der Waals surface area (Å²) in [4.78, 5) is 2.95. The molecular weight excluding hydrogens is 368 g/mol. The number of nitrogens with one attached hydrogen (secondary N) is 2. The fourth-order valence-electron chi connectivity index (χ4n) is 2.80. The lowest BCUT2D eigenvalue weighted by molar-refractivity contribution is 0.482. The highest BCUT2D eigenvalue weighted by Gasteiger charge is 2.29. The minimum Gasteiger partial charge on any atom is -0.224 e. The molecule has 0 fully saturated rings. The molecule has 0 saturated carbocycles. The lowest BCUT2D eigenvalue weighted by Gasteiger charge is -2.27. The molecule has 0 radical (unpaired) electrons. The second kappa shape index (κ2) is 8.47. The van der Waals surface area contributed by atoms with E-state index in [1.54, 1.807) is 30.3 Å². The van der Waals surface area contributed by atoms with Gasteiger partial charge in [0.15, 0.2) is 0 Å². The van der Waals surface area contributed by atoms with E-state index in [4.69, 9.17) is 11.8 Å². The number of rotatable bonds is 7. The Balaban J connectivity index is 2.02. The topological polar surface area (TPSA) is 58.2 Å². The second-order valence-electron chi connectivity index (χ2n) is 5.82. The van der Waals surface area contributed by atoms with E-state index in [1.807, 2.05) is 60.7 Å². The molecule has 0 aromatic heterocycles. The van der Waals surface area contributed by atoms with Gasteiger partial charge in [0.25, 0.3) is 0 Å². The van der Waals surface area contributed by atoms with E-state index in [9.17, 15) is 8.42 Å². The summed E-state index contributed by atoms with van der Waals surface area (Å²) in [5.41, 5.74) is 1.70. The molecule has 3 aromatic carbocycles. The monoisotopic (exact) mass is 386 g/mol. The molecule has 0 aliphatic carbocycles. The SMILES string of the molecule is O=S(=O)(N[C@H](c1ccccc1)[C@H](NCl)c1ccccc1)c1ccccc1. The van der Waals surface area contributed by atoms with Crippen LogP contribution >= 0.6 is 11.8 Å². The molecule has 26 heavy (non-hydrogen) atoms. The van der Waals surface area contributed by atoms with Crippen molar-refractivity contribution in [2.24, 2.45) is 0 Å². The maximum absolute atomic E-state index is 12.9. The van der Waals surface area contributed by atoms with Crippen LogP contribution in [0.15, 0.2) is 95.9 Å². The highest BCUT2D eigenvalue weighted by Crippen LogP contribution is 2.31. The molecule has 6 heteroatoms. The molecular formula is C20H19ClN2O2S. The van der Waals surface area contributed by atoms with Gasteiger partial charge in [-0.05, 0) is 35.0 Å². The number of sulfonamides is 1. The van der Waals surface area contributed by atoms with Crippen LogP contribution in [0.2, 0.25) is 0 Å². The first-order valence-electron chi connectivity index (χ1n) is 8.15. The van der Waals surface area contributed by atoms with Gasteiger partial charge in [0.2, 0.25) is 10.0 Å². The molecule has 4 nitrogen and oxygen atoms in total. The summed E-state index contributed by atoms with van der Waals surface area (Å²) in [6, 6.07) is 26.2. The van der Waals surface area contributed by atoms with Crippen molar-refractivity contribution >= 4 is 21.8 Å². The summed E-state index contributed by atoms with van der Waals surface area (Å²) in [6.07, 6.45) is 0. The van der Waals surface area contributed by atoms with E-state index in [-0.39, 0.29) is 4.90 Å². The van der Waals surface area contributed by atoms with Gasteiger partial charge >= 0.3 is 0 Å². The Kier molecular flexibility index (Phi) is 6.06. The van der Waals surface area contributed by atoms with Gasteiger partial charge in [-0.3, -0.25) is 0 Å². The molecule has 3 aromatic rings. The molecule has 0 saturated heterocycles. The van der Waals surface area contributed by atoms with Gasteiger partial charge in [-0.1, -0.05) is 78.9 Å². The third-order valence-electron chi connectivity index (χ3n) is 4.10. The molecule has 2 atom stereocenters. The highest BCUT2D eigenvalue weighted by molar-refractivity contribution is 7.89. The van der Waals surface area contributed by atoms with Crippen molar-refractivity contribution in [1.29, 1.82) is 0 Å². The molecule has 0 amide bonds. The van der Waals surface area contributed by atoms with Gasteiger partial charge in [-0.2, -0.15) is 0 Å². The van der Waals surface area contributed by atoms with Crippen LogP contribution < -0.4 is 9.56 Å². The van der Waals surface area contributed by atoms with Crippen LogP contribution in [-0.2, 0) is 10.0 Å². The van der Waals surface area contributed by atoms with Gasteiger partial charge in [0, 0.05) is 0 Å². The van der Waals surface area contributed by atoms with Gasteiger partial charge < -0.3 is 0 Å². The maximum atomic E-state index is 12.9. The van der Waals surface area contributed by atoms with Crippen LogP contribution in [-0.4, -0.2) is 8.42 Å². The van der Waals surface area contributed by atoms with Gasteiger partial charge in [-0.25, -0.2) is 18.0 Å². The maximum Gasteiger partial charge on any atom is 0.241 e. The van der Waals surface area contributed by atoms with Crippen LogP contribution in [0, 0.1) is 0 Å². The van der Waals surface area contributed by atoms with E-state index < -0.39 is 22.1 Å². The van der Waals surface area contributed by atoms with Gasteiger partial charge in [0.1, 0.15) is 0 Å². The van der Waals surface area contributed by atoms with Crippen molar-refractivity contribution in [3.8, 4) is 0 Å². The van der Waals surface area contributed by atoms with Crippen molar-refractivity contribution in [2.75, 3.05) is 0 Å². The van der Waals surface area contributed by atoms with E-state index >= 15 is 0 Å². The van der Waals surface area contributed by atoms with Crippen LogP contribution in [0.4, 0.5) is 0 Å². The van der Waals surface area contributed by atoms with Crippen molar-refractivity contribution in [3.63, 3.8) is 0 Å². The number of benzene rings is 3.